The minimum absolute atomic E-state index is 0.140. The van der Waals surface area contributed by atoms with Crippen molar-refractivity contribution in [1.29, 1.82) is 0 Å². The monoisotopic (exact) mass is 638 g/mol. The molecule has 0 unspecified atom stereocenters. The van der Waals surface area contributed by atoms with Crippen molar-refractivity contribution in [3.63, 3.8) is 0 Å². The van der Waals surface area contributed by atoms with Gasteiger partial charge in [0.25, 0.3) is 11.5 Å². The summed E-state index contributed by atoms with van der Waals surface area (Å²) in [6.07, 6.45) is 13.6. The van der Waals surface area contributed by atoms with Crippen LogP contribution in [-0.4, -0.2) is 57.7 Å². The van der Waals surface area contributed by atoms with E-state index in [0.717, 1.165) is 71.5 Å². The van der Waals surface area contributed by atoms with E-state index in [9.17, 15) is 14.4 Å². The van der Waals surface area contributed by atoms with E-state index < -0.39 is 0 Å². The van der Waals surface area contributed by atoms with Gasteiger partial charge in [-0.15, -0.1) is 0 Å². The van der Waals surface area contributed by atoms with Crippen LogP contribution in [0.4, 0.5) is 0 Å². The Labute approximate surface area is 277 Å². The van der Waals surface area contributed by atoms with Crippen LogP contribution in [0, 0.1) is 37.0 Å². The summed E-state index contributed by atoms with van der Waals surface area (Å²) in [4.78, 5) is 44.5. The Morgan fingerprint density at radius 3 is 2.40 bits per heavy atom. The van der Waals surface area contributed by atoms with E-state index in [2.05, 4.69) is 51.6 Å². The van der Waals surface area contributed by atoms with E-state index in [1.807, 2.05) is 30.7 Å². The molecule has 0 saturated heterocycles. The Kier molecular flexibility index (Phi) is 8.62. The molecular formula is C38H50N6O3. The lowest BCUT2D eigenvalue weighted by molar-refractivity contribution is -0.129. The van der Waals surface area contributed by atoms with Crippen molar-refractivity contribution in [3.05, 3.63) is 68.8 Å². The van der Waals surface area contributed by atoms with Gasteiger partial charge in [-0.25, -0.2) is 0 Å². The number of amides is 2. The Hall–Kier alpha value is -3.72. The Balaban J connectivity index is 0.997. The van der Waals surface area contributed by atoms with Crippen molar-refractivity contribution in [2.75, 3.05) is 26.2 Å². The molecule has 0 radical (unpaired) electrons. The van der Waals surface area contributed by atoms with E-state index in [0.29, 0.717) is 24.1 Å². The molecule has 8 rings (SSSR count). The third-order valence-corrected chi connectivity index (χ3v) is 11.5. The third-order valence-electron chi connectivity index (χ3n) is 11.5. The van der Waals surface area contributed by atoms with E-state index >= 15 is 0 Å². The number of benzene rings is 1. The number of aromatic nitrogens is 3. The normalized spacial score (nSPS) is 25.4. The minimum atomic E-state index is -0.221. The van der Waals surface area contributed by atoms with Crippen LogP contribution < -0.4 is 16.2 Å². The maximum atomic E-state index is 13.6. The summed E-state index contributed by atoms with van der Waals surface area (Å²) in [5, 5.41) is 11.7. The van der Waals surface area contributed by atoms with Crippen molar-refractivity contribution in [2.45, 2.75) is 91.6 Å². The summed E-state index contributed by atoms with van der Waals surface area (Å²) < 4.78 is 1.96. The molecule has 9 heteroatoms. The number of rotatable bonds is 10. The predicted octanol–water partition coefficient (Wildman–Crippen LogP) is 5.66. The van der Waals surface area contributed by atoms with E-state index in [1.54, 1.807) is 6.20 Å². The number of hydrogen-bond acceptors (Lipinski definition) is 5. The fraction of sp³-hybridized carbons (Fsp3) is 0.579. The molecule has 2 amide bonds. The van der Waals surface area contributed by atoms with Crippen molar-refractivity contribution in [1.82, 2.24) is 30.3 Å². The van der Waals surface area contributed by atoms with Crippen LogP contribution in [0.5, 0.6) is 0 Å². The summed E-state index contributed by atoms with van der Waals surface area (Å²) in [6.45, 7) is 11.3. The number of carbonyl (C=O) groups is 2. The maximum Gasteiger partial charge on any atom is 0.253 e. The average molecular weight is 639 g/mol. The quantitative estimate of drug-likeness (QED) is 0.265. The topological polar surface area (TPSA) is 112 Å². The molecule has 47 heavy (non-hydrogen) atoms. The zero-order valence-corrected chi connectivity index (χ0v) is 28.5. The van der Waals surface area contributed by atoms with Gasteiger partial charge < -0.3 is 15.6 Å². The fourth-order valence-corrected chi connectivity index (χ4v) is 9.73. The Morgan fingerprint density at radius 1 is 1.04 bits per heavy atom. The number of nitrogens with zero attached hydrogens (tertiary/aromatic N) is 3. The van der Waals surface area contributed by atoms with Gasteiger partial charge >= 0.3 is 0 Å². The number of H-pyrrole nitrogens is 1. The molecule has 4 saturated carbocycles. The van der Waals surface area contributed by atoms with Crippen LogP contribution in [0.1, 0.15) is 104 Å². The molecule has 1 aromatic carbocycles. The standard InChI is InChI=1S/C38H50N6O3/c1-23(2)44-34-16-30(15-31(33(34)22-41-44)36(46)40-21-32-24(3)11-25(4)42-37(32)47)29-5-8-43(9-6-29)10-7-39-35(45)20-38-17-26-12-27(18-38)14-28(13-26)19-38/h5,11,15-16,22-23,26-28H,6-10,12-14,17-21H2,1-4H3,(H,39,45)(H,40,46)(H,42,47). The summed E-state index contributed by atoms with van der Waals surface area (Å²) >= 11 is 0. The molecule has 5 aliphatic rings. The van der Waals surface area contributed by atoms with Gasteiger partial charge in [0.05, 0.1) is 17.3 Å². The molecule has 4 bridgehead atoms. The van der Waals surface area contributed by atoms with Crippen molar-refractivity contribution >= 4 is 28.3 Å². The summed E-state index contributed by atoms with van der Waals surface area (Å²) in [6, 6.07) is 6.19. The minimum Gasteiger partial charge on any atom is -0.355 e. The first-order valence-electron chi connectivity index (χ1n) is 17.7. The van der Waals surface area contributed by atoms with Gasteiger partial charge in [0.2, 0.25) is 5.91 Å². The van der Waals surface area contributed by atoms with Gasteiger partial charge in [0.15, 0.2) is 0 Å². The fourth-order valence-electron chi connectivity index (χ4n) is 9.73. The lowest BCUT2D eigenvalue weighted by atomic mass is 9.49. The number of pyridine rings is 1. The molecule has 4 aliphatic carbocycles. The molecule has 0 atom stereocenters. The first kappa shape index (κ1) is 31.9. The average Bonchev–Trinajstić information content (AvgIpc) is 3.44. The SMILES string of the molecule is Cc1cc(C)c(CNC(=O)c2cc(C3=CCN(CCNC(=O)CC45CC6CC(CC(C6)C4)C5)CC3)cc3c2cnn3C(C)C)c(=O)[nH]1. The Morgan fingerprint density at radius 2 is 1.77 bits per heavy atom. The van der Waals surface area contributed by atoms with Crippen LogP contribution in [0.25, 0.3) is 16.5 Å². The zero-order chi connectivity index (χ0) is 32.9. The molecule has 3 N–H and O–H groups in total. The molecule has 0 spiro atoms. The number of nitrogens with one attached hydrogen (secondary N) is 3. The highest BCUT2D eigenvalue weighted by Crippen LogP contribution is 2.61. The van der Waals surface area contributed by atoms with Crippen LogP contribution in [-0.2, 0) is 11.3 Å². The lowest BCUT2D eigenvalue weighted by Gasteiger charge is -2.56. The van der Waals surface area contributed by atoms with Crippen LogP contribution >= 0.6 is 0 Å². The first-order valence-corrected chi connectivity index (χ1v) is 17.7. The molecule has 3 aromatic rings. The van der Waals surface area contributed by atoms with Crippen LogP contribution in [0.15, 0.2) is 35.3 Å². The number of carbonyl (C=O) groups excluding carboxylic acids is 2. The van der Waals surface area contributed by atoms with E-state index in [-0.39, 0.29) is 35.4 Å². The van der Waals surface area contributed by atoms with Crippen molar-refractivity contribution < 1.29 is 9.59 Å². The van der Waals surface area contributed by atoms with E-state index in [1.165, 1.54) is 44.1 Å². The van der Waals surface area contributed by atoms with Crippen LogP contribution in [0.2, 0.25) is 0 Å². The van der Waals surface area contributed by atoms with Gasteiger partial charge in [-0.05, 0) is 131 Å². The number of aryl methyl sites for hydroxylation is 2. The number of aromatic amines is 1. The first-order chi connectivity index (χ1) is 22.6. The second-order valence-corrected chi connectivity index (χ2v) is 15.5. The highest BCUT2D eigenvalue weighted by Gasteiger charge is 2.51. The van der Waals surface area contributed by atoms with Gasteiger partial charge in [-0.3, -0.25) is 24.0 Å². The Bertz CT molecular complexity index is 1750. The predicted molar refractivity (Wildman–Crippen MR) is 185 cm³/mol. The molecule has 250 valence electrons. The van der Waals surface area contributed by atoms with Crippen molar-refractivity contribution in [2.24, 2.45) is 23.2 Å². The second-order valence-electron chi connectivity index (χ2n) is 15.5. The largest absolute Gasteiger partial charge is 0.355 e. The summed E-state index contributed by atoms with van der Waals surface area (Å²) in [5.41, 5.74) is 6.06. The van der Waals surface area contributed by atoms with Crippen molar-refractivity contribution in [3.8, 4) is 0 Å². The molecule has 4 fully saturated rings. The highest BCUT2D eigenvalue weighted by molar-refractivity contribution is 6.07. The highest BCUT2D eigenvalue weighted by atomic mass is 16.2. The van der Waals surface area contributed by atoms with Gasteiger partial charge in [0, 0.05) is 61.8 Å². The zero-order valence-electron chi connectivity index (χ0n) is 28.5. The van der Waals surface area contributed by atoms with Gasteiger partial charge in [-0.2, -0.15) is 5.10 Å². The molecule has 2 aromatic heterocycles. The van der Waals surface area contributed by atoms with E-state index in [4.69, 9.17) is 0 Å². The van der Waals surface area contributed by atoms with Gasteiger partial charge in [0.1, 0.15) is 0 Å². The summed E-state index contributed by atoms with van der Waals surface area (Å²) in [7, 11) is 0. The number of hydrogen-bond donors (Lipinski definition) is 3. The summed E-state index contributed by atoms with van der Waals surface area (Å²) in [5.74, 6) is 2.63. The van der Waals surface area contributed by atoms with Gasteiger partial charge in [-0.1, -0.05) is 6.08 Å². The molecule has 9 nitrogen and oxygen atoms in total. The van der Waals surface area contributed by atoms with Crippen LogP contribution in [0.3, 0.4) is 0 Å². The third kappa shape index (κ3) is 6.56. The molecular weight excluding hydrogens is 588 g/mol. The second kappa shape index (κ2) is 12.7. The lowest BCUT2D eigenvalue weighted by Crippen LogP contribution is -2.48. The smallest absolute Gasteiger partial charge is 0.253 e. The number of fused-ring (bicyclic) bond motifs is 1. The maximum absolute atomic E-state index is 13.6. The molecule has 1 aliphatic heterocycles. The molecule has 3 heterocycles.